The highest BCUT2D eigenvalue weighted by Crippen LogP contribution is 2.47. The van der Waals surface area contributed by atoms with Crippen LogP contribution < -0.4 is 5.32 Å². The lowest BCUT2D eigenvalue weighted by Gasteiger charge is -2.11. The van der Waals surface area contributed by atoms with E-state index in [0.29, 0.717) is 44.1 Å². The zero-order chi connectivity index (χ0) is 15.1. The van der Waals surface area contributed by atoms with Crippen molar-refractivity contribution < 1.29 is 4.79 Å². The number of H-pyrrole nitrogens is 1. The third-order valence-electron chi connectivity index (χ3n) is 3.04. The van der Waals surface area contributed by atoms with Crippen molar-refractivity contribution in [1.82, 2.24) is 10.2 Å². The number of halogens is 2. The molecule has 1 aromatic carbocycles. The number of carbonyl (C=O) groups is 1. The van der Waals surface area contributed by atoms with Gasteiger partial charge in [0, 0.05) is 5.69 Å². The van der Waals surface area contributed by atoms with Gasteiger partial charge in [-0.15, -0.1) is 0 Å². The van der Waals surface area contributed by atoms with E-state index in [-0.39, 0.29) is 5.91 Å². The monoisotopic (exact) mass is 341 g/mol. The molecule has 1 aliphatic heterocycles. The molecule has 0 spiro atoms. The van der Waals surface area contributed by atoms with Gasteiger partial charge < -0.3 is 5.32 Å². The number of nitrogens with one attached hydrogen (secondary N) is 2. The number of rotatable bonds is 2. The van der Waals surface area contributed by atoms with Crippen molar-refractivity contribution in [2.45, 2.75) is 13.8 Å². The molecule has 0 atom stereocenters. The molecule has 0 saturated heterocycles. The van der Waals surface area contributed by atoms with Crippen LogP contribution in [0.15, 0.2) is 14.8 Å². The van der Waals surface area contributed by atoms with Crippen LogP contribution in [0.25, 0.3) is 0 Å². The molecule has 1 aliphatic rings. The number of carbonyl (C=O) groups excluding carboxylic acids is 1. The maximum atomic E-state index is 12.4. The van der Waals surface area contributed by atoms with E-state index in [9.17, 15) is 4.79 Å². The molecule has 9 heteroatoms. The van der Waals surface area contributed by atoms with E-state index in [1.54, 1.807) is 13.8 Å². The van der Waals surface area contributed by atoms with Crippen molar-refractivity contribution in [3.63, 3.8) is 0 Å². The first-order valence-electron chi connectivity index (χ1n) is 5.92. The van der Waals surface area contributed by atoms with Crippen molar-refractivity contribution >= 4 is 57.5 Å². The minimum Gasteiger partial charge on any atom is -0.319 e. The summed E-state index contributed by atoms with van der Waals surface area (Å²) >= 11 is 13.2. The van der Waals surface area contributed by atoms with E-state index in [4.69, 9.17) is 23.2 Å². The van der Waals surface area contributed by atoms with E-state index < -0.39 is 0 Å². The SMILES string of the molecule is Cc1n[nH]c(C)c1C(=O)Nc1c(Cl)cc(Cl)c2c1N=S=N2. The molecule has 2 N–H and O–H groups in total. The van der Waals surface area contributed by atoms with Gasteiger partial charge in [-0.3, -0.25) is 9.89 Å². The molecule has 0 saturated carbocycles. The Morgan fingerprint density at radius 3 is 2.62 bits per heavy atom. The van der Waals surface area contributed by atoms with E-state index in [1.807, 2.05) is 0 Å². The Bertz CT molecular complexity index is 819. The van der Waals surface area contributed by atoms with Crippen molar-refractivity contribution in [2.24, 2.45) is 8.73 Å². The average molecular weight is 342 g/mol. The summed E-state index contributed by atoms with van der Waals surface area (Å²) in [5.74, 6) is -0.308. The summed E-state index contributed by atoms with van der Waals surface area (Å²) in [4.78, 5) is 12.4. The smallest absolute Gasteiger partial charge is 0.259 e. The molecule has 1 amide bonds. The highest BCUT2D eigenvalue weighted by Gasteiger charge is 2.22. The summed E-state index contributed by atoms with van der Waals surface area (Å²) in [6, 6.07) is 1.54. The van der Waals surface area contributed by atoms with Gasteiger partial charge in [0.2, 0.25) is 0 Å². The molecule has 0 aliphatic carbocycles. The van der Waals surface area contributed by atoms with Crippen LogP contribution in [0.4, 0.5) is 17.1 Å². The number of hydrogen-bond acceptors (Lipinski definition) is 4. The van der Waals surface area contributed by atoms with Gasteiger partial charge in [0.25, 0.3) is 5.91 Å². The summed E-state index contributed by atoms with van der Waals surface area (Å²) < 4.78 is 8.24. The van der Waals surface area contributed by atoms with Gasteiger partial charge in [-0.05, 0) is 19.9 Å². The van der Waals surface area contributed by atoms with Gasteiger partial charge in [0.1, 0.15) is 11.4 Å². The van der Waals surface area contributed by atoms with Crippen molar-refractivity contribution in [2.75, 3.05) is 5.32 Å². The number of aromatic amines is 1. The molecule has 3 rings (SSSR count). The molecule has 0 bridgehead atoms. The Morgan fingerprint density at radius 1 is 1.24 bits per heavy atom. The molecule has 108 valence electrons. The van der Waals surface area contributed by atoms with Gasteiger partial charge in [-0.25, -0.2) is 0 Å². The number of anilines is 1. The minimum atomic E-state index is -0.308. The Labute approximate surface area is 133 Å². The van der Waals surface area contributed by atoms with Crippen LogP contribution in [0, 0.1) is 13.8 Å². The molecule has 21 heavy (non-hydrogen) atoms. The summed E-state index contributed by atoms with van der Waals surface area (Å²) in [7, 11) is 0. The van der Waals surface area contributed by atoms with Crippen LogP contribution in [-0.2, 0) is 11.4 Å². The first kappa shape index (κ1) is 14.2. The molecular weight excluding hydrogens is 333 g/mol. The topological polar surface area (TPSA) is 82.5 Å². The average Bonchev–Trinajstić information content (AvgIpc) is 3.02. The van der Waals surface area contributed by atoms with E-state index in [2.05, 4.69) is 24.2 Å². The molecule has 1 aromatic heterocycles. The van der Waals surface area contributed by atoms with Crippen LogP contribution in [0.1, 0.15) is 21.7 Å². The zero-order valence-corrected chi connectivity index (χ0v) is 13.3. The van der Waals surface area contributed by atoms with Crippen LogP contribution in [0.5, 0.6) is 0 Å². The lowest BCUT2D eigenvalue weighted by Crippen LogP contribution is -2.14. The molecule has 0 radical (unpaired) electrons. The summed E-state index contributed by atoms with van der Waals surface area (Å²) in [5.41, 5.74) is 3.17. The standard InChI is InChI=1S/C12H9Cl2N5OS/c1-4-8(5(2)17-16-4)12(20)15-9-6(13)3-7(14)10-11(9)19-21-18-10/h3H,1-2H3,(H,15,20)(H,16,17). The first-order chi connectivity index (χ1) is 9.99. The Hall–Kier alpha value is -1.70. The predicted octanol–water partition coefficient (Wildman–Crippen LogP) is 4.31. The van der Waals surface area contributed by atoms with E-state index >= 15 is 0 Å². The van der Waals surface area contributed by atoms with Crippen molar-refractivity contribution in [3.8, 4) is 0 Å². The molecule has 0 unspecified atom stereocenters. The summed E-state index contributed by atoms with van der Waals surface area (Å²) in [6.45, 7) is 3.53. The van der Waals surface area contributed by atoms with Gasteiger partial charge in [0.05, 0.1) is 38.3 Å². The summed E-state index contributed by atoms with van der Waals surface area (Å²) in [5, 5.41) is 10.2. The maximum Gasteiger partial charge on any atom is 0.259 e. The first-order valence-corrected chi connectivity index (χ1v) is 7.41. The van der Waals surface area contributed by atoms with Crippen molar-refractivity contribution in [3.05, 3.63) is 33.1 Å². The molecule has 2 aromatic rings. The Balaban J connectivity index is 2.02. The number of benzene rings is 1. The lowest BCUT2D eigenvalue weighted by atomic mass is 10.1. The van der Waals surface area contributed by atoms with Gasteiger partial charge in [-0.1, -0.05) is 23.2 Å². The van der Waals surface area contributed by atoms with Crippen molar-refractivity contribution in [1.29, 1.82) is 0 Å². The Morgan fingerprint density at radius 2 is 1.95 bits per heavy atom. The summed E-state index contributed by atoms with van der Waals surface area (Å²) in [6.07, 6.45) is 0. The molecular formula is C12H9Cl2N5OS. The predicted molar refractivity (Wildman–Crippen MR) is 84.0 cm³/mol. The van der Waals surface area contributed by atoms with Gasteiger partial charge in [-0.2, -0.15) is 13.8 Å². The lowest BCUT2D eigenvalue weighted by molar-refractivity contribution is 0.102. The second-order valence-corrected chi connectivity index (χ2v) is 5.78. The fraction of sp³-hybridized carbons (Fsp3) is 0.167. The van der Waals surface area contributed by atoms with E-state index in [0.717, 1.165) is 11.4 Å². The third kappa shape index (κ3) is 2.37. The molecule has 6 nitrogen and oxygen atoms in total. The van der Waals surface area contributed by atoms with Crippen LogP contribution >= 0.6 is 23.2 Å². The van der Waals surface area contributed by atoms with Gasteiger partial charge >= 0.3 is 0 Å². The molecule has 2 heterocycles. The Kier molecular flexibility index (Phi) is 3.56. The number of fused-ring (bicyclic) bond motifs is 1. The highest BCUT2D eigenvalue weighted by molar-refractivity contribution is 7.58. The van der Waals surface area contributed by atoms with E-state index in [1.165, 1.54) is 6.07 Å². The number of nitrogens with zero attached hydrogens (tertiary/aromatic N) is 3. The largest absolute Gasteiger partial charge is 0.319 e. The fourth-order valence-electron chi connectivity index (χ4n) is 2.05. The zero-order valence-electron chi connectivity index (χ0n) is 11.0. The second-order valence-electron chi connectivity index (χ2n) is 4.44. The quantitative estimate of drug-likeness (QED) is 0.727. The number of hydrogen-bond donors (Lipinski definition) is 2. The number of aryl methyl sites for hydroxylation is 2. The van der Waals surface area contributed by atoms with Gasteiger partial charge in [0.15, 0.2) is 0 Å². The minimum absolute atomic E-state index is 0.308. The highest BCUT2D eigenvalue weighted by atomic mass is 35.5. The fourth-order valence-corrected chi connectivity index (χ4v) is 3.21. The number of amides is 1. The molecule has 0 fully saturated rings. The van der Waals surface area contributed by atoms with Crippen LogP contribution in [0.2, 0.25) is 10.0 Å². The second kappa shape index (κ2) is 5.25. The third-order valence-corrected chi connectivity index (χ3v) is 4.15. The van der Waals surface area contributed by atoms with Crippen LogP contribution in [0.3, 0.4) is 0 Å². The van der Waals surface area contributed by atoms with Crippen LogP contribution in [-0.4, -0.2) is 16.1 Å². The maximum absolute atomic E-state index is 12.4. The number of aromatic nitrogens is 2. The normalized spacial score (nSPS) is 12.2.